The van der Waals surface area contributed by atoms with E-state index in [0.717, 1.165) is 63.7 Å². The second kappa shape index (κ2) is 27.5. The van der Waals surface area contributed by atoms with Crippen LogP contribution in [-0.2, 0) is 9.59 Å². The quantitative estimate of drug-likeness (QED) is 0.0897. The van der Waals surface area contributed by atoms with Crippen molar-refractivity contribution in [1.29, 1.82) is 0 Å². The molecule has 0 unspecified atom stereocenters. The molecule has 0 aromatic heterocycles. The Labute approximate surface area is 275 Å². The molecule has 9 heteroatoms. The number of amides is 2. The van der Waals surface area contributed by atoms with E-state index < -0.39 is 0 Å². The fourth-order valence-corrected chi connectivity index (χ4v) is 3.17. The maximum Gasteiger partial charge on any atom is 1.00 e. The van der Waals surface area contributed by atoms with Crippen LogP contribution in [0.2, 0.25) is 0 Å². The summed E-state index contributed by atoms with van der Waals surface area (Å²) in [5, 5.41) is 9.42. The van der Waals surface area contributed by atoms with Gasteiger partial charge in [0, 0.05) is 45.3 Å². The van der Waals surface area contributed by atoms with Crippen molar-refractivity contribution >= 4 is 18.5 Å². The van der Waals surface area contributed by atoms with E-state index in [1.54, 1.807) is 12.3 Å². The van der Waals surface area contributed by atoms with E-state index in [0.29, 0.717) is 19.0 Å². The number of rotatable bonds is 13. The molecule has 0 spiro atoms. The SMILES string of the molecule is C=C/C(=C\N=CC(=O)NC1CC1)N1CCN(C/C=C/CNC=O)CC1.CC.CC.C[N-]C/C=C/C1CC1.[K+]. The molecule has 2 amide bonds. The Hall–Kier alpha value is -1.07. The number of nitrogens with one attached hydrogen (secondary N) is 2. The molecule has 3 rings (SSSR count). The second-order valence-corrected chi connectivity index (χ2v) is 8.37. The van der Waals surface area contributed by atoms with Crippen molar-refractivity contribution < 1.29 is 61.0 Å². The summed E-state index contributed by atoms with van der Waals surface area (Å²) < 4.78 is 0. The average Bonchev–Trinajstić information content (AvgIpc) is 3.87. The number of hydrogen-bond acceptors (Lipinski definition) is 5. The van der Waals surface area contributed by atoms with Crippen LogP contribution in [0.5, 0.6) is 0 Å². The van der Waals surface area contributed by atoms with Crippen molar-refractivity contribution in [2.45, 2.75) is 59.4 Å². The molecule has 1 aliphatic heterocycles. The van der Waals surface area contributed by atoms with Crippen LogP contribution >= 0.6 is 0 Å². The Balaban J connectivity index is 0. The summed E-state index contributed by atoms with van der Waals surface area (Å²) in [6.45, 7) is 17.9. The van der Waals surface area contributed by atoms with Crippen LogP contribution in [-0.4, -0.2) is 87.2 Å². The maximum absolute atomic E-state index is 11.6. The maximum atomic E-state index is 11.6. The molecule has 210 valence electrons. The molecule has 38 heavy (non-hydrogen) atoms. The number of piperazine rings is 1. The zero-order chi connectivity index (χ0) is 27.7. The van der Waals surface area contributed by atoms with Gasteiger partial charge in [0.15, 0.2) is 0 Å². The third kappa shape index (κ3) is 21.8. The summed E-state index contributed by atoms with van der Waals surface area (Å²) in [6, 6.07) is 0.346. The summed E-state index contributed by atoms with van der Waals surface area (Å²) in [5.74, 6) is 0.777. The van der Waals surface area contributed by atoms with Gasteiger partial charge in [0.05, 0.1) is 18.1 Å². The zero-order valence-corrected chi connectivity index (χ0v) is 28.0. The molecular formula is C29H51KN6O2. The molecule has 0 bridgehead atoms. The van der Waals surface area contributed by atoms with Gasteiger partial charge in [0.1, 0.15) is 0 Å². The van der Waals surface area contributed by atoms with E-state index in [1.807, 2.05) is 40.8 Å². The molecule has 0 aromatic carbocycles. The van der Waals surface area contributed by atoms with Gasteiger partial charge in [-0.3, -0.25) is 19.5 Å². The van der Waals surface area contributed by atoms with Gasteiger partial charge in [-0.05, 0) is 37.7 Å². The van der Waals surface area contributed by atoms with Gasteiger partial charge < -0.3 is 20.9 Å². The molecule has 1 heterocycles. The summed E-state index contributed by atoms with van der Waals surface area (Å²) in [5.41, 5.74) is 0.931. The van der Waals surface area contributed by atoms with Gasteiger partial charge in [-0.1, -0.05) is 52.5 Å². The van der Waals surface area contributed by atoms with Crippen LogP contribution in [0.1, 0.15) is 53.4 Å². The number of nitrogens with zero attached hydrogens (tertiary/aromatic N) is 4. The first-order valence-electron chi connectivity index (χ1n) is 13.8. The number of likely N-dealkylation sites (N-methyl/N-ethyl adjacent to an activating group) is 1. The van der Waals surface area contributed by atoms with Crippen LogP contribution in [0.4, 0.5) is 0 Å². The predicted molar refractivity (Wildman–Crippen MR) is 158 cm³/mol. The van der Waals surface area contributed by atoms with Crippen molar-refractivity contribution in [3.05, 3.63) is 54.2 Å². The van der Waals surface area contributed by atoms with Gasteiger partial charge >= 0.3 is 51.4 Å². The summed E-state index contributed by atoms with van der Waals surface area (Å²) >= 11 is 0. The van der Waals surface area contributed by atoms with Gasteiger partial charge in [-0.2, -0.15) is 7.05 Å². The van der Waals surface area contributed by atoms with E-state index >= 15 is 0 Å². The van der Waals surface area contributed by atoms with E-state index in [4.69, 9.17) is 0 Å². The monoisotopic (exact) mass is 554 g/mol. The molecule has 0 atom stereocenters. The Morgan fingerprint density at radius 3 is 2.21 bits per heavy atom. The number of aliphatic imine (C=N–C) groups is 1. The van der Waals surface area contributed by atoms with Crippen LogP contribution in [0.15, 0.2) is 53.8 Å². The molecule has 3 aliphatic rings. The first-order valence-corrected chi connectivity index (χ1v) is 13.8. The third-order valence-electron chi connectivity index (χ3n) is 5.44. The number of hydrogen-bond donors (Lipinski definition) is 2. The molecule has 8 nitrogen and oxygen atoms in total. The first kappa shape index (κ1) is 39.1. The van der Waals surface area contributed by atoms with Crippen molar-refractivity contribution in [2.75, 3.05) is 52.9 Å². The summed E-state index contributed by atoms with van der Waals surface area (Å²) in [6.07, 6.45) is 18.9. The average molecular weight is 555 g/mol. The van der Waals surface area contributed by atoms with Crippen LogP contribution in [0.25, 0.3) is 5.32 Å². The molecule has 2 aliphatic carbocycles. The van der Waals surface area contributed by atoms with Gasteiger partial charge in [0.2, 0.25) is 6.41 Å². The molecular weight excluding hydrogens is 503 g/mol. The Morgan fingerprint density at radius 2 is 1.68 bits per heavy atom. The van der Waals surface area contributed by atoms with Gasteiger partial charge in [-0.25, -0.2) is 0 Å². The predicted octanol–water partition coefficient (Wildman–Crippen LogP) is 1.30. The normalized spacial score (nSPS) is 17.3. The van der Waals surface area contributed by atoms with Crippen molar-refractivity contribution in [1.82, 2.24) is 20.4 Å². The largest absolute Gasteiger partial charge is 1.00 e. The molecule has 0 aromatic rings. The van der Waals surface area contributed by atoms with Crippen LogP contribution in [0, 0.1) is 5.92 Å². The van der Waals surface area contributed by atoms with Gasteiger partial charge in [0.25, 0.3) is 5.91 Å². The minimum Gasteiger partial charge on any atom is -0.662 e. The van der Waals surface area contributed by atoms with Crippen molar-refractivity contribution in [2.24, 2.45) is 10.9 Å². The molecule has 2 saturated carbocycles. The van der Waals surface area contributed by atoms with Crippen LogP contribution in [0.3, 0.4) is 0 Å². The molecule has 1 saturated heterocycles. The topological polar surface area (TPSA) is 91.1 Å². The van der Waals surface area contributed by atoms with E-state index in [-0.39, 0.29) is 57.3 Å². The zero-order valence-electron chi connectivity index (χ0n) is 24.9. The Bertz CT molecular complexity index is 723. The molecule has 0 radical (unpaired) electrons. The first-order chi connectivity index (χ1) is 18.2. The van der Waals surface area contributed by atoms with Gasteiger partial charge in [-0.15, -0.1) is 12.6 Å². The van der Waals surface area contributed by atoms with E-state index in [2.05, 4.69) is 55.5 Å². The fourth-order valence-electron chi connectivity index (χ4n) is 3.17. The number of carbonyl (C=O) groups excluding carboxylic acids is 2. The number of carbonyl (C=O) groups is 2. The third-order valence-corrected chi connectivity index (χ3v) is 5.44. The van der Waals surface area contributed by atoms with Crippen molar-refractivity contribution in [3.8, 4) is 0 Å². The second-order valence-electron chi connectivity index (χ2n) is 8.37. The Kier molecular flexibility index (Phi) is 28.3. The smallest absolute Gasteiger partial charge is 0.662 e. The molecule has 3 fully saturated rings. The number of allylic oxidation sites excluding steroid dienone is 2. The minimum atomic E-state index is -0.136. The Morgan fingerprint density at radius 1 is 1.03 bits per heavy atom. The van der Waals surface area contributed by atoms with Crippen molar-refractivity contribution in [3.63, 3.8) is 0 Å². The van der Waals surface area contributed by atoms with E-state index in [9.17, 15) is 9.59 Å². The summed E-state index contributed by atoms with van der Waals surface area (Å²) in [7, 11) is 1.84. The minimum absolute atomic E-state index is 0. The standard InChI is InChI=1S/C18H27N5O2.C7H12N.2C2H6.K/c1-2-17(13-20-14-18(25)21-16-5-6-16)23-11-9-22(10-12-23)8-4-3-7-19-15-24;1-8-6-2-3-7-4-5-7;2*1-2;/h2-4,13-16H,1,5-12H2,(H,19,24)(H,21,25);2-3,7H,4-6H2,1H3;2*1-2H3;/q;-1;;;+1/b4-3+,17-13+,20-14?;3-2+;;;. The van der Waals surface area contributed by atoms with E-state index in [1.165, 1.54) is 19.1 Å². The fraction of sp³-hybridized carbons (Fsp3) is 0.621. The van der Waals surface area contributed by atoms with Crippen LogP contribution < -0.4 is 62.0 Å². The summed E-state index contributed by atoms with van der Waals surface area (Å²) in [4.78, 5) is 30.4. The molecule has 2 N–H and O–H groups in total.